The molecule has 18 heavy (non-hydrogen) atoms. The number of nitrogens with zero attached hydrogens (tertiary/aromatic N) is 2. The minimum absolute atomic E-state index is 0.0897. The van der Waals surface area contributed by atoms with Gasteiger partial charge in [-0.3, -0.25) is 9.48 Å². The molecule has 2 aromatic rings. The van der Waals surface area contributed by atoms with Crippen LogP contribution >= 0.6 is 15.9 Å². The monoisotopic (exact) mass is 307 g/mol. The fraction of sp³-hybridized carbons (Fsp3) is 0.231. The van der Waals surface area contributed by atoms with Crippen molar-refractivity contribution >= 4 is 27.5 Å². The number of hydrogen-bond donors (Lipinski definition) is 1. The Bertz CT molecular complexity index is 577. The maximum atomic E-state index is 11.9. The number of rotatable bonds is 3. The molecule has 5 heteroatoms. The van der Waals surface area contributed by atoms with Gasteiger partial charge in [0.15, 0.2) is 0 Å². The summed E-state index contributed by atoms with van der Waals surface area (Å²) in [6.45, 7) is 4.07. The van der Waals surface area contributed by atoms with Gasteiger partial charge in [-0.2, -0.15) is 5.10 Å². The Hall–Kier alpha value is -1.62. The fourth-order valence-electron chi connectivity index (χ4n) is 1.72. The second-order valence-electron chi connectivity index (χ2n) is 4.11. The van der Waals surface area contributed by atoms with Gasteiger partial charge in [0, 0.05) is 10.2 Å². The lowest BCUT2D eigenvalue weighted by Gasteiger charge is -2.08. The molecule has 1 N–H and O–H groups in total. The van der Waals surface area contributed by atoms with Crippen molar-refractivity contribution in [3.63, 3.8) is 0 Å². The number of carbonyl (C=O) groups excluding carboxylic acids is 1. The van der Waals surface area contributed by atoms with Gasteiger partial charge in [0.2, 0.25) is 5.91 Å². The second kappa shape index (κ2) is 5.35. The van der Waals surface area contributed by atoms with Crippen molar-refractivity contribution < 1.29 is 4.79 Å². The normalized spacial score (nSPS) is 10.4. The molecular weight excluding hydrogens is 294 g/mol. The largest absolute Gasteiger partial charge is 0.323 e. The number of benzene rings is 1. The Kier molecular flexibility index (Phi) is 3.81. The number of aromatic nitrogens is 2. The summed E-state index contributed by atoms with van der Waals surface area (Å²) in [5.41, 5.74) is 2.67. The lowest BCUT2D eigenvalue weighted by Crippen LogP contribution is -2.20. The van der Waals surface area contributed by atoms with E-state index in [4.69, 9.17) is 0 Å². The van der Waals surface area contributed by atoms with Crippen LogP contribution < -0.4 is 5.32 Å². The SMILES string of the molecule is Cc1cc(C)n(CC(=O)Nc2ccccc2Br)n1. The lowest BCUT2D eigenvalue weighted by molar-refractivity contribution is -0.116. The summed E-state index contributed by atoms with van der Waals surface area (Å²) in [6, 6.07) is 9.47. The summed E-state index contributed by atoms with van der Waals surface area (Å²) in [4.78, 5) is 11.9. The first-order valence-electron chi connectivity index (χ1n) is 5.61. The van der Waals surface area contributed by atoms with Crippen LogP contribution in [0.15, 0.2) is 34.8 Å². The maximum Gasteiger partial charge on any atom is 0.246 e. The predicted octanol–water partition coefficient (Wildman–Crippen LogP) is 2.90. The molecule has 0 saturated carbocycles. The summed E-state index contributed by atoms with van der Waals surface area (Å²) in [5.74, 6) is -0.0897. The summed E-state index contributed by atoms with van der Waals surface area (Å²) in [5, 5.41) is 7.11. The van der Waals surface area contributed by atoms with E-state index in [1.54, 1.807) is 4.68 Å². The molecule has 4 nitrogen and oxygen atoms in total. The van der Waals surface area contributed by atoms with Gasteiger partial charge in [0.1, 0.15) is 6.54 Å². The zero-order valence-electron chi connectivity index (χ0n) is 10.3. The molecule has 1 aromatic heterocycles. The van der Waals surface area contributed by atoms with E-state index in [1.807, 2.05) is 44.2 Å². The topological polar surface area (TPSA) is 46.9 Å². The molecule has 0 atom stereocenters. The number of para-hydroxylation sites is 1. The van der Waals surface area contributed by atoms with Crippen molar-refractivity contribution in [2.45, 2.75) is 20.4 Å². The van der Waals surface area contributed by atoms with Gasteiger partial charge in [-0.1, -0.05) is 12.1 Å². The van der Waals surface area contributed by atoms with E-state index >= 15 is 0 Å². The average Bonchev–Trinajstić information content (AvgIpc) is 2.61. The number of halogens is 1. The smallest absolute Gasteiger partial charge is 0.246 e. The number of anilines is 1. The van der Waals surface area contributed by atoms with Gasteiger partial charge in [0.05, 0.1) is 11.4 Å². The van der Waals surface area contributed by atoms with Crippen LogP contribution in [0.2, 0.25) is 0 Å². The molecule has 0 fully saturated rings. The van der Waals surface area contributed by atoms with E-state index in [1.165, 1.54) is 0 Å². The first-order chi connectivity index (χ1) is 8.56. The molecule has 1 heterocycles. The van der Waals surface area contributed by atoms with Crippen LogP contribution in [0.25, 0.3) is 0 Å². The summed E-state index contributed by atoms with van der Waals surface area (Å²) >= 11 is 3.39. The van der Waals surface area contributed by atoms with Crippen molar-refractivity contribution in [2.75, 3.05) is 5.32 Å². The molecule has 0 radical (unpaired) electrons. The molecule has 0 aliphatic carbocycles. The van der Waals surface area contributed by atoms with E-state index < -0.39 is 0 Å². The number of amides is 1. The van der Waals surface area contributed by atoms with Crippen molar-refractivity contribution in [1.29, 1.82) is 0 Å². The van der Waals surface area contributed by atoms with E-state index in [0.717, 1.165) is 21.5 Å². The van der Waals surface area contributed by atoms with Gasteiger partial charge in [0.25, 0.3) is 0 Å². The van der Waals surface area contributed by atoms with Gasteiger partial charge in [-0.25, -0.2) is 0 Å². The van der Waals surface area contributed by atoms with E-state index in [0.29, 0.717) is 0 Å². The Labute approximate surface area is 114 Å². The van der Waals surface area contributed by atoms with Crippen molar-refractivity contribution in [1.82, 2.24) is 9.78 Å². The molecule has 0 spiro atoms. The highest BCUT2D eigenvalue weighted by atomic mass is 79.9. The van der Waals surface area contributed by atoms with Crippen molar-refractivity contribution in [3.05, 3.63) is 46.2 Å². The number of hydrogen-bond acceptors (Lipinski definition) is 2. The van der Waals surface area contributed by atoms with Crippen LogP contribution in [0, 0.1) is 13.8 Å². The molecular formula is C13H14BrN3O. The van der Waals surface area contributed by atoms with E-state index in [2.05, 4.69) is 26.3 Å². The molecule has 1 amide bonds. The minimum Gasteiger partial charge on any atom is -0.323 e. The molecule has 0 aliphatic heterocycles. The highest BCUT2D eigenvalue weighted by Crippen LogP contribution is 2.21. The number of aryl methyl sites for hydroxylation is 2. The van der Waals surface area contributed by atoms with E-state index in [-0.39, 0.29) is 12.5 Å². The zero-order chi connectivity index (χ0) is 13.1. The third kappa shape index (κ3) is 2.98. The van der Waals surface area contributed by atoms with Gasteiger partial charge >= 0.3 is 0 Å². The predicted molar refractivity (Wildman–Crippen MR) is 74.5 cm³/mol. The molecule has 0 bridgehead atoms. The number of nitrogens with one attached hydrogen (secondary N) is 1. The second-order valence-corrected chi connectivity index (χ2v) is 4.97. The van der Waals surface area contributed by atoms with Crippen LogP contribution in [0.4, 0.5) is 5.69 Å². The first kappa shape index (κ1) is 12.8. The molecule has 94 valence electrons. The Morgan fingerprint density at radius 2 is 2.11 bits per heavy atom. The van der Waals surface area contributed by atoms with Crippen LogP contribution in [-0.2, 0) is 11.3 Å². The molecule has 1 aromatic carbocycles. The molecule has 0 unspecified atom stereocenters. The molecule has 0 saturated heterocycles. The lowest BCUT2D eigenvalue weighted by atomic mass is 10.3. The van der Waals surface area contributed by atoms with E-state index in [9.17, 15) is 4.79 Å². The third-order valence-electron chi connectivity index (χ3n) is 2.54. The zero-order valence-corrected chi connectivity index (χ0v) is 11.9. The summed E-state index contributed by atoms with van der Waals surface area (Å²) < 4.78 is 2.56. The van der Waals surface area contributed by atoms with Crippen LogP contribution in [0.5, 0.6) is 0 Å². The highest BCUT2D eigenvalue weighted by Gasteiger charge is 2.08. The average molecular weight is 308 g/mol. The van der Waals surface area contributed by atoms with Crippen molar-refractivity contribution in [2.24, 2.45) is 0 Å². The number of carbonyl (C=O) groups is 1. The van der Waals surface area contributed by atoms with Gasteiger partial charge in [-0.15, -0.1) is 0 Å². The molecule has 2 rings (SSSR count). The Morgan fingerprint density at radius 1 is 1.39 bits per heavy atom. The standard InChI is InChI=1S/C13H14BrN3O/c1-9-7-10(2)17(16-9)8-13(18)15-12-6-4-3-5-11(12)14/h3-7H,8H2,1-2H3,(H,15,18). The van der Waals surface area contributed by atoms with Gasteiger partial charge in [-0.05, 0) is 48.0 Å². The highest BCUT2D eigenvalue weighted by molar-refractivity contribution is 9.10. The quantitative estimate of drug-likeness (QED) is 0.947. The van der Waals surface area contributed by atoms with Crippen molar-refractivity contribution in [3.8, 4) is 0 Å². The minimum atomic E-state index is -0.0897. The first-order valence-corrected chi connectivity index (χ1v) is 6.41. The summed E-state index contributed by atoms with van der Waals surface area (Å²) in [6.07, 6.45) is 0. The fourth-order valence-corrected chi connectivity index (χ4v) is 2.11. The maximum absolute atomic E-state index is 11.9. The summed E-state index contributed by atoms with van der Waals surface area (Å²) in [7, 11) is 0. The molecule has 0 aliphatic rings. The third-order valence-corrected chi connectivity index (χ3v) is 3.24. The Morgan fingerprint density at radius 3 is 2.72 bits per heavy atom. The van der Waals surface area contributed by atoms with Gasteiger partial charge < -0.3 is 5.32 Å². The van der Waals surface area contributed by atoms with Crippen LogP contribution in [0.1, 0.15) is 11.4 Å². The van der Waals surface area contributed by atoms with Crippen LogP contribution in [0.3, 0.4) is 0 Å². The van der Waals surface area contributed by atoms with Crippen LogP contribution in [-0.4, -0.2) is 15.7 Å². The Balaban J connectivity index is 2.06.